The van der Waals surface area contributed by atoms with Gasteiger partial charge in [0.15, 0.2) is 0 Å². The second kappa shape index (κ2) is 8.03. The SMILES string of the molecule is CCC(C(=O)O)c1cc(Cl)c(-c2ccc(C(F)(F)F)cc2)c(OCC2CC2)c1. The van der Waals surface area contributed by atoms with E-state index in [9.17, 15) is 23.1 Å². The first kappa shape index (κ1) is 20.5. The number of carboxylic acid groups (broad SMARTS) is 1. The fraction of sp³-hybridized carbons (Fsp3) is 0.381. The second-order valence-electron chi connectivity index (χ2n) is 7.00. The molecule has 0 amide bonds. The molecule has 3 nitrogen and oxygen atoms in total. The van der Waals surface area contributed by atoms with E-state index in [0.717, 1.165) is 25.0 Å². The van der Waals surface area contributed by atoms with Gasteiger partial charge in [0.1, 0.15) is 5.75 Å². The molecule has 1 fully saturated rings. The minimum absolute atomic E-state index is 0.253. The van der Waals surface area contributed by atoms with E-state index < -0.39 is 23.6 Å². The summed E-state index contributed by atoms with van der Waals surface area (Å²) in [7, 11) is 0. The first-order valence-electron chi connectivity index (χ1n) is 9.07. The molecular formula is C21H20ClF3O3. The number of hydrogen-bond donors (Lipinski definition) is 1. The van der Waals surface area contributed by atoms with E-state index in [0.29, 0.717) is 41.4 Å². The number of carboxylic acids is 1. The standard InChI is InChI=1S/C21H20ClF3O3/c1-2-16(20(26)27)14-9-17(22)19(18(10-14)28-11-12-3-4-12)13-5-7-15(8-6-13)21(23,24)25/h5-10,12,16H,2-4,11H2,1H3,(H,26,27). The van der Waals surface area contributed by atoms with E-state index >= 15 is 0 Å². The lowest BCUT2D eigenvalue weighted by Gasteiger charge is -2.18. The molecule has 0 spiro atoms. The van der Waals surface area contributed by atoms with Gasteiger partial charge in [0, 0.05) is 5.56 Å². The largest absolute Gasteiger partial charge is 0.493 e. The molecule has 1 N–H and O–H groups in total. The molecule has 0 aliphatic heterocycles. The molecule has 2 aromatic carbocycles. The molecule has 150 valence electrons. The average molecular weight is 413 g/mol. The molecule has 1 unspecified atom stereocenters. The van der Waals surface area contributed by atoms with Crippen LogP contribution < -0.4 is 4.74 Å². The Labute approximate surface area is 166 Å². The van der Waals surface area contributed by atoms with Crippen LogP contribution in [0.4, 0.5) is 13.2 Å². The summed E-state index contributed by atoms with van der Waals surface area (Å²) in [5.41, 5.74) is 0.724. The molecule has 0 radical (unpaired) electrons. The van der Waals surface area contributed by atoms with Crippen molar-refractivity contribution < 1.29 is 27.8 Å². The predicted octanol–water partition coefficient (Wildman–Crippen LogP) is 6.39. The fourth-order valence-electron chi connectivity index (χ4n) is 3.07. The maximum atomic E-state index is 12.8. The summed E-state index contributed by atoms with van der Waals surface area (Å²) in [6.07, 6.45) is -1.91. The van der Waals surface area contributed by atoms with Crippen molar-refractivity contribution in [2.24, 2.45) is 5.92 Å². The Hall–Kier alpha value is -2.21. The molecule has 0 saturated heterocycles. The van der Waals surface area contributed by atoms with Gasteiger partial charge >= 0.3 is 12.1 Å². The van der Waals surface area contributed by atoms with Crippen molar-refractivity contribution in [1.29, 1.82) is 0 Å². The van der Waals surface area contributed by atoms with Crippen molar-refractivity contribution in [3.8, 4) is 16.9 Å². The van der Waals surface area contributed by atoms with Crippen molar-refractivity contribution in [3.63, 3.8) is 0 Å². The molecule has 2 aromatic rings. The molecule has 1 aliphatic rings. The molecule has 0 heterocycles. The average Bonchev–Trinajstić information content (AvgIpc) is 3.44. The molecule has 0 aromatic heterocycles. The number of benzene rings is 2. The van der Waals surface area contributed by atoms with Gasteiger partial charge in [0.05, 0.1) is 23.1 Å². The zero-order valence-corrected chi connectivity index (χ0v) is 16.0. The summed E-state index contributed by atoms with van der Waals surface area (Å²) in [6, 6.07) is 7.89. The van der Waals surface area contributed by atoms with Crippen molar-refractivity contribution >= 4 is 17.6 Å². The molecule has 3 rings (SSSR count). The number of hydrogen-bond acceptors (Lipinski definition) is 2. The van der Waals surface area contributed by atoms with Crippen LogP contribution in [-0.2, 0) is 11.0 Å². The van der Waals surface area contributed by atoms with Crippen LogP contribution in [0, 0.1) is 5.92 Å². The molecule has 1 aliphatic carbocycles. The molecule has 1 atom stereocenters. The summed E-state index contributed by atoms with van der Waals surface area (Å²) in [4.78, 5) is 11.5. The number of rotatable bonds is 7. The zero-order chi connectivity index (χ0) is 20.5. The predicted molar refractivity (Wildman–Crippen MR) is 101 cm³/mol. The van der Waals surface area contributed by atoms with Crippen molar-refractivity contribution in [2.75, 3.05) is 6.61 Å². The number of ether oxygens (including phenoxy) is 1. The monoisotopic (exact) mass is 412 g/mol. The van der Waals surface area contributed by atoms with Crippen LogP contribution in [0.2, 0.25) is 5.02 Å². The van der Waals surface area contributed by atoms with E-state index in [1.54, 1.807) is 19.1 Å². The van der Waals surface area contributed by atoms with Crippen LogP contribution in [0.3, 0.4) is 0 Å². The van der Waals surface area contributed by atoms with Crippen LogP contribution in [0.25, 0.3) is 11.1 Å². The smallest absolute Gasteiger partial charge is 0.416 e. The summed E-state index contributed by atoms with van der Waals surface area (Å²) in [6.45, 7) is 2.23. The number of alkyl halides is 3. The topological polar surface area (TPSA) is 46.5 Å². The Balaban J connectivity index is 2.04. The Bertz CT molecular complexity index is 858. The fourth-order valence-corrected chi connectivity index (χ4v) is 3.40. The van der Waals surface area contributed by atoms with Gasteiger partial charge < -0.3 is 9.84 Å². The number of halogens is 4. The molecule has 0 bridgehead atoms. The van der Waals surface area contributed by atoms with Gasteiger partial charge in [0.2, 0.25) is 0 Å². The highest BCUT2D eigenvalue weighted by Crippen LogP contribution is 2.42. The number of aliphatic carboxylic acids is 1. The van der Waals surface area contributed by atoms with Gasteiger partial charge in [-0.3, -0.25) is 4.79 Å². The van der Waals surface area contributed by atoms with Crippen LogP contribution in [0.15, 0.2) is 36.4 Å². The third-order valence-corrected chi connectivity index (χ3v) is 5.16. The lowest BCUT2D eigenvalue weighted by atomic mass is 9.93. The van der Waals surface area contributed by atoms with Gasteiger partial charge in [-0.1, -0.05) is 30.7 Å². The zero-order valence-electron chi connectivity index (χ0n) is 15.2. The summed E-state index contributed by atoms with van der Waals surface area (Å²) in [5.74, 6) is -0.852. The van der Waals surface area contributed by atoms with E-state index in [1.807, 2.05) is 0 Å². The molecule has 1 saturated carbocycles. The minimum Gasteiger partial charge on any atom is -0.493 e. The van der Waals surface area contributed by atoms with Gasteiger partial charge in [-0.05, 0) is 60.6 Å². The highest BCUT2D eigenvalue weighted by atomic mass is 35.5. The summed E-state index contributed by atoms with van der Waals surface area (Å²) in [5, 5.41) is 9.69. The first-order valence-corrected chi connectivity index (χ1v) is 9.45. The van der Waals surface area contributed by atoms with Crippen LogP contribution in [-0.4, -0.2) is 17.7 Å². The van der Waals surface area contributed by atoms with Crippen LogP contribution in [0.5, 0.6) is 5.75 Å². The van der Waals surface area contributed by atoms with Crippen LogP contribution in [0.1, 0.15) is 43.2 Å². The van der Waals surface area contributed by atoms with Gasteiger partial charge in [-0.15, -0.1) is 0 Å². The maximum Gasteiger partial charge on any atom is 0.416 e. The van der Waals surface area contributed by atoms with Crippen molar-refractivity contribution in [1.82, 2.24) is 0 Å². The third kappa shape index (κ3) is 4.61. The molecular weight excluding hydrogens is 393 g/mol. The summed E-state index contributed by atoms with van der Waals surface area (Å²) < 4.78 is 44.5. The quantitative estimate of drug-likeness (QED) is 0.573. The lowest BCUT2D eigenvalue weighted by Crippen LogP contribution is -2.11. The van der Waals surface area contributed by atoms with E-state index in [1.165, 1.54) is 12.1 Å². The second-order valence-corrected chi connectivity index (χ2v) is 7.41. The lowest BCUT2D eigenvalue weighted by molar-refractivity contribution is -0.139. The molecule has 7 heteroatoms. The van der Waals surface area contributed by atoms with Crippen molar-refractivity contribution in [3.05, 3.63) is 52.5 Å². The van der Waals surface area contributed by atoms with Gasteiger partial charge in [-0.2, -0.15) is 13.2 Å². The maximum absolute atomic E-state index is 12.8. The van der Waals surface area contributed by atoms with E-state index in [4.69, 9.17) is 16.3 Å². The first-order chi connectivity index (χ1) is 13.2. The Morgan fingerprint density at radius 1 is 1.25 bits per heavy atom. The van der Waals surface area contributed by atoms with Crippen molar-refractivity contribution in [2.45, 2.75) is 38.3 Å². The third-order valence-electron chi connectivity index (χ3n) is 4.86. The van der Waals surface area contributed by atoms with Gasteiger partial charge in [-0.25, -0.2) is 0 Å². The summed E-state index contributed by atoms with van der Waals surface area (Å²) >= 11 is 6.44. The van der Waals surface area contributed by atoms with Gasteiger partial charge in [0.25, 0.3) is 0 Å². The molecule has 28 heavy (non-hydrogen) atoms. The highest BCUT2D eigenvalue weighted by molar-refractivity contribution is 6.33. The minimum atomic E-state index is -4.42. The van der Waals surface area contributed by atoms with E-state index in [2.05, 4.69) is 0 Å². The Morgan fingerprint density at radius 2 is 1.89 bits per heavy atom. The normalized spacial score (nSPS) is 15.3. The van der Waals surface area contributed by atoms with E-state index in [-0.39, 0.29) is 5.02 Å². The Kier molecular flexibility index (Phi) is 5.89. The Morgan fingerprint density at radius 3 is 2.39 bits per heavy atom. The number of carbonyl (C=O) groups is 1. The highest BCUT2D eigenvalue weighted by Gasteiger charge is 2.30. The van der Waals surface area contributed by atoms with Crippen LogP contribution >= 0.6 is 11.6 Å².